The van der Waals surface area contributed by atoms with Crippen LogP contribution in [0.5, 0.6) is 0 Å². The zero-order valence-corrected chi connectivity index (χ0v) is 8.97. The lowest BCUT2D eigenvalue weighted by atomic mass is 10.1. The van der Waals surface area contributed by atoms with E-state index in [0.717, 1.165) is 6.42 Å². The predicted octanol–water partition coefficient (Wildman–Crippen LogP) is 4.68. The van der Waals surface area contributed by atoms with Crippen LogP contribution in [-0.4, -0.2) is 0 Å². The van der Waals surface area contributed by atoms with Crippen molar-refractivity contribution in [2.75, 3.05) is 0 Å². The molecule has 13 heavy (non-hydrogen) atoms. The molecule has 0 N–H and O–H groups in total. The minimum absolute atomic E-state index is 1.16. The van der Waals surface area contributed by atoms with Crippen LogP contribution >= 0.6 is 0 Å². The van der Waals surface area contributed by atoms with Gasteiger partial charge in [-0.15, -0.1) is 6.58 Å². The Labute approximate surface area is 83.7 Å². The standard InChI is InChI=1S/C13H23/c1-3-5-7-9-11-13-12-10-8-6-4-2/h3,10,12-13H,1,4-9,11H2,2H3. The van der Waals surface area contributed by atoms with Gasteiger partial charge < -0.3 is 0 Å². The Balaban J connectivity index is 2.97. The molecule has 0 heterocycles. The molecule has 0 rings (SSSR count). The van der Waals surface area contributed by atoms with Gasteiger partial charge in [0.2, 0.25) is 0 Å². The minimum Gasteiger partial charge on any atom is -0.103 e. The van der Waals surface area contributed by atoms with Crippen LogP contribution in [0, 0.1) is 6.42 Å². The number of allylic oxidation sites excluding steroid dienone is 3. The molecule has 0 aliphatic rings. The summed E-state index contributed by atoms with van der Waals surface area (Å²) in [5.41, 5.74) is 0. The van der Waals surface area contributed by atoms with Gasteiger partial charge in [0.25, 0.3) is 0 Å². The molecular weight excluding hydrogens is 156 g/mol. The summed E-state index contributed by atoms with van der Waals surface area (Å²) in [5, 5.41) is 0. The second-order valence-corrected chi connectivity index (χ2v) is 3.38. The van der Waals surface area contributed by atoms with Crippen LogP contribution in [0.1, 0.15) is 51.9 Å². The van der Waals surface area contributed by atoms with Crippen molar-refractivity contribution in [2.24, 2.45) is 0 Å². The highest BCUT2D eigenvalue weighted by molar-refractivity contribution is 4.94. The van der Waals surface area contributed by atoms with Gasteiger partial charge in [0.05, 0.1) is 0 Å². The molecular formula is C13H23. The van der Waals surface area contributed by atoms with Crippen LogP contribution in [0.3, 0.4) is 0 Å². The van der Waals surface area contributed by atoms with Gasteiger partial charge in [-0.2, -0.15) is 0 Å². The average Bonchev–Trinajstić information content (AvgIpc) is 2.16. The Morgan fingerprint density at radius 2 is 1.77 bits per heavy atom. The maximum Gasteiger partial charge on any atom is -0.0171 e. The number of rotatable bonds is 9. The van der Waals surface area contributed by atoms with Gasteiger partial charge in [-0.1, -0.05) is 44.4 Å². The summed E-state index contributed by atoms with van der Waals surface area (Å²) in [5.74, 6) is 0. The van der Waals surface area contributed by atoms with E-state index in [2.05, 4.69) is 32.1 Å². The van der Waals surface area contributed by atoms with E-state index in [1.165, 1.54) is 38.5 Å². The Morgan fingerprint density at radius 1 is 1.00 bits per heavy atom. The monoisotopic (exact) mass is 179 g/mol. The van der Waals surface area contributed by atoms with Crippen molar-refractivity contribution in [3.05, 3.63) is 31.2 Å². The quantitative estimate of drug-likeness (QED) is 0.356. The van der Waals surface area contributed by atoms with Gasteiger partial charge in [-0.25, -0.2) is 0 Å². The summed E-state index contributed by atoms with van der Waals surface area (Å²) in [6.07, 6.45) is 17.6. The molecule has 0 spiro atoms. The summed E-state index contributed by atoms with van der Waals surface area (Å²) >= 11 is 0. The minimum atomic E-state index is 1.16. The largest absolute Gasteiger partial charge is 0.103 e. The topological polar surface area (TPSA) is 0 Å². The molecule has 0 fully saturated rings. The van der Waals surface area contributed by atoms with E-state index in [9.17, 15) is 0 Å². The van der Waals surface area contributed by atoms with Gasteiger partial charge >= 0.3 is 0 Å². The molecule has 0 aromatic heterocycles. The Kier molecular flexibility index (Phi) is 11.0. The maximum absolute atomic E-state index is 3.70. The van der Waals surface area contributed by atoms with Gasteiger partial charge in [0.1, 0.15) is 0 Å². The Bertz CT molecular complexity index is 122. The zero-order valence-electron chi connectivity index (χ0n) is 8.97. The van der Waals surface area contributed by atoms with Crippen LogP contribution in [0.15, 0.2) is 24.8 Å². The van der Waals surface area contributed by atoms with E-state index in [1.54, 1.807) is 0 Å². The van der Waals surface area contributed by atoms with E-state index < -0.39 is 0 Å². The summed E-state index contributed by atoms with van der Waals surface area (Å²) in [6.45, 7) is 5.93. The highest BCUT2D eigenvalue weighted by Gasteiger charge is 1.85. The molecule has 0 aliphatic carbocycles. The number of unbranched alkanes of at least 4 members (excludes halogenated alkanes) is 6. The van der Waals surface area contributed by atoms with Gasteiger partial charge in [-0.05, 0) is 32.1 Å². The van der Waals surface area contributed by atoms with Crippen molar-refractivity contribution in [1.29, 1.82) is 0 Å². The molecule has 1 radical (unpaired) electrons. The molecule has 75 valence electrons. The molecule has 0 saturated heterocycles. The lowest BCUT2D eigenvalue weighted by Gasteiger charge is -1.94. The van der Waals surface area contributed by atoms with E-state index in [1.807, 2.05) is 6.08 Å². The van der Waals surface area contributed by atoms with Gasteiger partial charge in [0, 0.05) is 0 Å². The fourth-order valence-corrected chi connectivity index (χ4v) is 1.16. The summed E-state index contributed by atoms with van der Waals surface area (Å²) in [7, 11) is 0. The predicted molar refractivity (Wildman–Crippen MR) is 61.6 cm³/mol. The normalized spacial score (nSPS) is 10.8. The molecule has 0 bridgehead atoms. The molecule has 0 aromatic rings. The highest BCUT2D eigenvalue weighted by Crippen LogP contribution is 2.04. The fourth-order valence-electron chi connectivity index (χ4n) is 1.16. The van der Waals surface area contributed by atoms with E-state index in [4.69, 9.17) is 0 Å². The molecule has 0 aromatic carbocycles. The summed E-state index contributed by atoms with van der Waals surface area (Å²) in [4.78, 5) is 0. The van der Waals surface area contributed by atoms with Crippen molar-refractivity contribution in [3.8, 4) is 0 Å². The van der Waals surface area contributed by atoms with E-state index in [-0.39, 0.29) is 0 Å². The Hall–Kier alpha value is -0.520. The van der Waals surface area contributed by atoms with Gasteiger partial charge in [-0.3, -0.25) is 0 Å². The van der Waals surface area contributed by atoms with Crippen LogP contribution in [-0.2, 0) is 0 Å². The van der Waals surface area contributed by atoms with Crippen LogP contribution in [0.25, 0.3) is 0 Å². The maximum atomic E-state index is 3.70. The lowest BCUT2D eigenvalue weighted by molar-refractivity contribution is 0.747. The zero-order chi connectivity index (χ0) is 9.78. The first-order valence-corrected chi connectivity index (χ1v) is 5.51. The summed E-state index contributed by atoms with van der Waals surface area (Å²) in [6, 6.07) is 0. The average molecular weight is 179 g/mol. The van der Waals surface area contributed by atoms with Crippen LogP contribution in [0.2, 0.25) is 0 Å². The number of hydrogen-bond acceptors (Lipinski definition) is 0. The van der Waals surface area contributed by atoms with Crippen molar-refractivity contribution >= 4 is 0 Å². The van der Waals surface area contributed by atoms with Crippen molar-refractivity contribution in [1.82, 2.24) is 0 Å². The van der Waals surface area contributed by atoms with E-state index in [0.29, 0.717) is 0 Å². The molecule has 0 unspecified atom stereocenters. The molecule has 0 nitrogen and oxygen atoms in total. The van der Waals surface area contributed by atoms with Gasteiger partial charge in [0.15, 0.2) is 0 Å². The first kappa shape index (κ1) is 12.5. The molecule has 0 heteroatoms. The Morgan fingerprint density at radius 3 is 2.46 bits per heavy atom. The lowest BCUT2D eigenvalue weighted by Crippen LogP contribution is -1.75. The number of hydrogen-bond donors (Lipinski definition) is 0. The second-order valence-electron chi connectivity index (χ2n) is 3.38. The smallest absolute Gasteiger partial charge is 0.0171 e. The third-order valence-electron chi connectivity index (χ3n) is 2.03. The molecule has 0 amide bonds. The molecule has 0 atom stereocenters. The third-order valence-corrected chi connectivity index (χ3v) is 2.03. The fraction of sp³-hybridized carbons (Fsp3) is 0.615. The highest BCUT2D eigenvalue weighted by atomic mass is 13.9. The van der Waals surface area contributed by atoms with Crippen LogP contribution < -0.4 is 0 Å². The SMILES string of the molecule is C=CCCCC[CH]C=CCCCC. The first-order chi connectivity index (χ1) is 6.41. The van der Waals surface area contributed by atoms with E-state index >= 15 is 0 Å². The first-order valence-electron chi connectivity index (χ1n) is 5.51. The van der Waals surface area contributed by atoms with Crippen molar-refractivity contribution in [3.63, 3.8) is 0 Å². The van der Waals surface area contributed by atoms with Crippen molar-refractivity contribution in [2.45, 2.75) is 51.9 Å². The van der Waals surface area contributed by atoms with Crippen LogP contribution in [0.4, 0.5) is 0 Å². The summed E-state index contributed by atoms with van der Waals surface area (Å²) < 4.78 is 0. The third kappa shape index (κ3) is 11.5. The van der Waals surface area contributed by atoms with Crippen molar-refractivity contribution < 1.29 is 0 Å². The second kappa shape index (κ2) is 11.5. The molecule has 0 aliphatic heterocycles. The molecule has 0 saturated carbocycles.